The summed E-state index contributed by atoms with van der Waals surface area (Å²) in [7, 11) is 0. The quantitative estimate of drug-likeness (QED) is 0.176. The number of nitrogens with zero attached hydrogens (tertiary/aromatic N) is 6. The molecule has 0 amide bonds. The predicted octanol–water partition coefficient (Wildman–Crippen LogP) is 27.5. The lowest BCUT2D eigenvalue weighted by atomic mass is 9.62. The van der Waals surface area contributed by atoms with E-state index in [4.69, 9.17) is 4.98 Å². The molecule has 0 saturated carbocycles. The molecule has 530 valence electrons. The van der Waals surface area contributed by atoms with Crippen molar-refractivity contribution < 1.29 is 0 Å². The van der Waals surface area contributed by atoms with Crippen molar-refractivity contribution in [2.75, 3.05) is 0 Å². The molecule has 10 heterocycles. The second-order valence-electron chi connectivity index (χ2n) is 30.6. The second kappa shape index (κ2) is 23.5. The van der Waals surface area contributed by atoms with E-state index in [2.05, 4.69) is 399 Å². The van der Waals surface area contributed by atoms with Crippen molar-refractivity contribution in [1.82, 2.24) is 27.8 Å². The molecule has 114 heavy (non-hydrogen) atoms. The zero-order valence-corrected chi connectivity index (χ0v) is 63.7. The number of aromatic nitrogens is 6. The van der Waals surface area contributed by atoms with Crippen molar-refractivity contribution in [3.8, 4) is 39.8 Å². The van der Waals surface area contributed by atoms with Crippen LogP contribution in [-0.4, -0.2) is 27.8 Å². The summed E-state index contributed by atoms with van der Waals surface area (Å²) in [5.74, 6) is 0.926. The number of para-hydroxylation sites is 11. The van der Waals surface area contributed by atoms with E-state index in [1.807, 2.05) is 34.9 Å². The van der Waals surface area contributed by atoms with Gasteiger partial charge in [0.25, 0.3) is 0 Å². The lowest BCUT2D eigenvalue weighted by Crippen LogP contribution is -2.37. The third-order valence-corrected chi connectivity index (χ3v) is 28.8. The first kappa shape index (κ1) is 63.0. The number of imidazole rings is 1. The fourth-order valence-electron chi connectivity index (χ4n) is 20.9. The Morgan fingerprint density at radius 3 is 1.18 bits per heavy atom. The van der Waals surface area contributed by atoms with Gasteiger partial charge in [-0.2, -0.15) is 0 Å². The highest BCUT2D eigenvalue weighted by Gasteiger charge is 2.52. The third kappa shape index (κ3) is 8.19. The molecular weight excluding hydrogens is 1440 g/mol. The van der Waals surface area contributed by atoms with Crippen molar-refractivity contribution >= 4 is 153 Å². The van der Waals surface area contributed by atoms with Gasteiger partial charge in [0, 0.05) is 105 Å². The van der Waals surface area contributed by atoms with Crippen LogP contribution in [-0.2, 0) is 10.8 Å². The smallest absolute Gasteiger partial charge is 0.145 e. The molecule has 4 aliphatic heterocycles. The van der Waals surface area contributed by atoms with Crippen molar-refractivity contribution in [2.45, 2.75) is 30.4 Å². The summed E-state index contributed by atoms with van der Waals surface area (Å²) >= 11 is 5.73. The zero-order valence-electron chi connectivity index (χ0n) is 61.2. The summed E-state index contributed by atoms with van der Waals surface area (Å²) in [4.78, 5) is 10.4. The lowest BCUT2D eigenvalue weighted by Gasteiger charge is -2.45. The van der Waals surface area contributed by atoms with Gasteiger partial charge in [0.05, 0.1) is 77.4 Å². The minimum Gasteiger partial charge on any atom is -0.309 e. The molecule has 4 aliphatic rings. The standard InChI is InChI=1S/C56H34N4S.C49H28N2S2/c1-2-15-36(16-3-1)59-50-27-12-8-23-46(50)57-55(59)35-29-31-37(32-30-35)58-47-24-9-4-18-39(47)41-33-34-45-54(53(41)58)61-51-28-13-7-21-43(51)56(45)42-20-6-11-26-49(42)60-48-25-10-5-17-38(48)40-19-14-22-44(56)52(40)60;1-6-19-40-31(13-1)34-25-26-39-48(47(34)50(40)29-24-27-44-35(28-29)32-14-3-9-22-43(32)52-44)53-45-23-10-5-17-37(45)49(39)36-16-4-8-21-42(36)51-41-20-7-2-12-30(41)33-15-11-18-38(49)46(33)51/h1-34H;1-28H. The van der Waals surface area contributed by atoms with Gasteiger partial charge in [-0.3, -0.25) is 4.57 Å². The Bertz CT molecular complexity index is 8150. The Hall–Kier alpha value is -13.7. The van der Waals surface area contributed by atoms with E-state index in [0.717, 1.165) is 33.8 Å². The lowest BCUT2D eigenvalue weighted by molar-refractivity contribution is 0.691. The second-order valence-corrected chi connectivity index (χ2v) is 33.8. The number of hydrogen-bond acceptors (Lipinski definition) is 4. The molecule has 9 heteroatoms. The molecular formula is C105H62N6S3. The fraction of sp³-hybridized carbons (Fsp3) is 0.0190. The number of rotatable bonds is 4. The topological polar surface area (TPSA) is 37.5 Å². The maximum Gasteiger partial charge on any atom is 0.145 e. The van der Waals surface area contributed by atoms with Crippen LogP contribution in [0.2, 0.25) is 0 Å². The minimum absolute atomic E-state index is 0.527. The summed E-state index contributed by atoms with van der Waals surface area (Å²) in [5.41, 5.74) is 28.6. The number of benzene rings is 17. The first-order valence-corrected chi connectivity index (χ1v) is 41.5. The van der Waals surface area contributed by atoms with E-state index < -0.39 is 10.8 Å². The van der Waals surface area contributed by atoms with Crippen molar-refractivity contribution in [3.63, 3.8) is 0 Å². The molecule has 0 saturated heterocycles. The van der Waals surface area contributed by atoms with Crippen LogP contribution in [0.25, 0.3) is 158 Å². The number of hydrogen-bond donors (Lipinski definition) is 0. The minimum atomic E-state index is -0.562. The maximum absolute atomic E-state index is 5.19. The van der Waals surface area contributed by atoms with E-state index >= 15 is 0 Å². The van der Waals surface area contributed by atoms with Crippen LogP contribution in [0.4, 0.5) is 0 Å². The molecule has 6 nitrogen and oxygen atoms in total. The Kier molecular flexibility index (Phi) is 13.0. The summed E-state index contributed by atoms with van der Waals surface area (Å²) in [6.07, 6.45) is 0. The molecule has 17 aromatic carbocycles. The van der Waals surface area contributed by atoms with Gasteiger partial charge in [0.2, 0.25) is 0 Å². The predicted molar refractivity (Wildman–Crippen MR) is 475 cm³/mol. The Morgan fingerprint density at radius 1 is 0.228 bits per heavy atom. The Morgan fingerprint density at radius 2 is 0.623 bits per heavy atom. The molecule has 2 unspecified atom stereocenters. The molecule has 0 bridgehead atoms. The van der Waals surface area contributed by atoms with Gasteiger partial charge < -0.3 is 18.3 Å². The van der Waals surface area contributed by atoms with E-state index in [1.54, 1.807) is 0 Å². The summed E-state index contributed by atoms with van der Waals surface area (Å²) < 4.78 is 15.0. The monoisotopic (exact) mass is 1500 g/mol. The average Bonchev–Trinajstić information content (AvgIpc) is 1.23. The molecule has 23 aromatic rings. The maximum atomic E-state index is 5.19. The van der Waals surface area contributed by atoms with E-state index in [-0.39, 0.29) is 0 Å². The van der Waals surface area contributed by atoms with Gasteiger partial charge in [-0.25, -0.2) is 4.98 Å². The Balaban J connectivity index is 0.000000127. The van der Waals surface area contributed by atoms with Crippen molar-refractivity contribution in [1.29, 1.82) is 0 Å². The van der Waals surface area contributed by atoms with E-state index in [9.17, 15) is 0 Å². The average molecular weight is 1500 g/mol. The van der Waals surface area contributed by atoms with Crippen molar-refractivity contribution in [2.24, 2.45) is 0 Å². The van der Waals surface area contributed by atoms with Gasteiger partial charge in [-0.15, -0.1) is 11.3 Å². The molecule has 0 radical (unpaired) electrons. The van der Waals surface area contributed by atoms with Crippen LogP contribution < -0.4 is 0 Å². The first-order chi connectivity index (χ1) is 56.6. The largest absolute Gasteiger partial charge is 0.309 e. The highest BCUT2D eigenvalue weighted by Crippen LogP contribution is 2.65. The first-order valence-electron chi connectivity index (χ1n) is 39.1. The van der Waals surface area contributed by atoms with Gasteiger partial charge in [0.15, 0.2) is 0 Å². The normalized spacial score (nSPS) is 15.5. The SMILES string of the molecule is c1ccc(-n2c(-c3ccc(-n4c5ccccc5c5ccc6c(c54)Sc4ccccc4C64c5ccccc5-n5c6ccccc6c6cccc4c65)cc3)nc3ccccc32)cc1.c1ccc2c(c1)Sc1c(ccc3c4ccccc4n(-c4ccc5sc6ccccc6c5c4)c13)C21c2ccccc2-n2c3ccccc3c3cccc1c32. The fourth-order valence-corrected chi connectivity index (χ4v) is 24.6. The number of thiophene rings is 1. The zero-order chi connectivity index (χ0) is 74.2. The summed E-state index contributed by atoms with van der Waals surface area (Å²) in [6, 6.07) is 140. The van der Waals surface area contributed by atoms with Crippen LogP contribution in [0.5, 0.6) is 0 Å². The molecule has 6 aromatic heterocycles. The van der Waals surface area contributed by atoms with Gasteiger partial charge >= 0.3 is 0 Å². The van der Waals surface area contributed by atoms with Crippen molar-refractivity contribution in [3.05, 3.63) is 421 Å². The van der Waals surface area contributed by atoms with Gasteiger partial charge in [-0.05, 0) is 166 Å². The third-order valence-electron chi connectivity index (χ3n) is 25.3. The molecule has 27 rings (SSSR count). The molecule has 0 fully saturated rings. The molecule has 0 aliphatic carbocycles. The van der Waals surface area contributed by atoms with E-state index in [1.165, 1.54) is 189 Å². The molecule has 2 atom stereocenters. The highest BCUT2D eigenvalue weighted by molar-refractivity contribution is 8.00. The highest BCUT2D eigenvalue weighted by atomic mass is 32.2. The van der Waals surface area contributed by atoms with Crippen LogP contribution in [0.15, 0.2) is 396 Å². The van der Waals surface area contributed by atoms with Gasteiger partial charge in [-0.1, -0.05) is 278 Å². The van der Waals surface area contributed by atoms with Gasteiger partial charge in [0.1, 0.15) is 5.82 Å². The van der Waals surface area contributed by atoms with Crippen LogP contribution in [0.3, 0.4) is 0 Å². The molecule has 0 N–H and O–H groups in total. The van der Waals surface area contributed by atoms with Crippen LogP contribution >= 0.6 is 34.9 Å². The van der Waals surface area contributed by atoms with Crippen LogP contribution in [0.1, 0.15) is 44.5 Å². The molecule has 2 spiro atoms. The summed E-state index contributed by atoms with van der Waals surface area (Å²) in [5, 5.41) is 12.9. The summed E-state index contributed by atoms with van der Waals surface area (Å²) in [6.45, 7) is 0. The van der Waals surface area contributed by atoms with Crippen LogP contribution in [0, 0.1) is 0 Å². The van der Waals surface area contributed by atoms with E-state index in [0.29, 0.717) is 0 Å². The Labute approximate surface area is 666 Å². The number of fused-ring (bicyclic) bond motifs is 34.